The van der Waals surface area contributed by atoms with Crippen LogP contribution in [0.1, 0.15) is 38.2 Å². The van der Waals surface area contributed by atoms with Gasteiger partial charge in [-0.3, -0.25) is 4.79 Å². The smallest absolute Gasteiger partial charge is 0.262 e. The van der Waals surface area contributed by atoms with Crippen molar-refractivity contribution in [3.8, 4) is 11.3 Å². The first kappa shape index (κ1) is 30.1. The highest BCUT2D eigenvalue weighted by Crippen LogP contribution is 2.31. The molecule has 0 aliphatic carbocycles. The minimum absolute atomic E-state index is 0.0809. The third-order valence-corrected chi connectivity index (χ3v) is 9.98. The minimum Gasteiger partial charge on any atom is -0.340 e. The van der Waals surface area contributed by atoms with Gasteiger partial charge in [0.05, 0.1) is 21.2 Å². The molecular weight excluding hydrogens is 572 g/mol. The highest BCUT2D eigenvalue weighted by atomic mass is 32.2. The van der Waals surface area contributed by atoms with Crippen LogP contribution in [0.25, 0.3) is 22.0 Å². The molecule has 0 saturated carbocycles. The normalized spacial score (nSPS) is 16.4. The molecule has 2 atom stereocenters. The van der Waals surface area contributed by atoms with E-state index in [1.165, 1.54) is 10.1 Å². The van der Waals surface area contributed by atoms with Crippen molar-refractivity contribution < 1.29 is 17.2 Å². The third kappa shape index (κ3) is 6.64. The average molecular weight is 609 g/mol. The molecule has 0 spiro atoms. The first-order chi connectivity index (χ1) is 20.0. The van der Waals surface area contributed by atoms with Gasteiger partial charge in [0.25, 0.3) is 5.56 Å². The molecule has 11 heteroatoms. The van der Waals surface area contributed by atoms with E-state index in [9.17, 15) is 22.0 Å². The molecule has 0 amide bonds. The van der Waals surface area contributed by atoms with Crippen molar-refractivity contribution in [2.24, 2.45) is 0 Å². The molecule has 42 heavy (non-hydrogen) atoms. The van der Waals surface area contributed by atoms with Crippen LogP contribution >= 0.6 is 0 Å². The van der Waals surface area contributed by atoms with E-state index < -0.39 is 26.2 Å². The van der Waals surface area contributed by atoms with Gasteiger partial charge in [0.15, 0.2) is 20.9 Å². The lowest BCUT2D eigenvalue weighted by Crippen LogP contribution is -2.32. The van der Waals surface area contributed by atoms with Gasteiger partial charge in [-0.2, -0.15) is 0 Å². The zero-order valence-electron chi connectivity index (χ0n) is 24.0. The number of sulfone groups is 1. The number of fused-ring (bicyclic) bond motifs is 1. The molecule has 2 N–H and O–H groups in total. The lowest BCUT2D eigenvalue weighted by molar-refractivity contribution is 0.222. The molecular formula is C31H36N4O5S2. The number of piperidine rings is 1. The zero-order chi connectivity index (χ0) is 30.0. The van der Waals surface area contributed by atoms with E-state index in [-0.39, 0.29) is 17.0 Å². The first-order valence-corrected chi connectivity index (χ1v) is 17.1. The predicted molar refractivity (Wildman–Crippen MR) is 169 cm³/mol. The zero-order valence-corrected chi connectivity index (χ0v) is 25.6. The quantitative estimate of drug-likeness (QED) is 0.254. The maximum Gasteiger partial charge on any atom is 0.262 e. The molecule has 1 aliphatic rings. The summed E-state index contributed by atoms with van der Waals surface area (Å²) in [5.74, 6) is 0.876. The Hall–Kier alpha value is -3.38. The summed E-state index contributed by atoms with van der Waals surface area (Å²) in [4.78, 5) is 21.1. The summed E-state index contributed by atoms with van der Waals surface area (Å²) in [5, 5.41) is 3.72. The molecule has 3 heterocycles. The summed E-state index contributed by atoms with van der Waals surface area (Å²) < 4.78 is 46.4. The van der Waals surface area contributed by atoms with Gasteiger partial charge in [-0.1, -0.05) is 31.2 Å². The fourth-order valence-corrected chi connectivity index (χ4v) is 6.37. The molecule has 2 aromatic heterocycles. The lowest BCUT2D eigenvalue weighted by atomic mass is 9.89. The average Bonchev–Trinajstić information content (AvgIpc) is 2.98. The maximum absolute atomic E-state index is 13.6. The Balaban J connectivity index is 1.53. The van der Waals surface area contributed by atoms with Gasteiger partial charge in [-0.25, -0.2) is 17.6 Å². The van der Waals surface area contributed by atoms with E-state index in [2.05, 4.69) is 29.3 Å². The first-order valence-electron chi connectivity index (χ1n) is 14.1. The number of nitrogens with zero attached hydrogens (tertiary/aromatic N) is 3. The Morgan fingerprint density at radius 1 is 1.07 bits per heavy atom. The molecule has 1 saturated heterocycles. The topological polar surface area (TPSA) is 122 Å². The van der Waals surface area contributed by atoms with Crippen molar-refractivity contribution in [1.29, 1.82) is 0 Å². The van der Waals surface area contributed by atoms with Crippen molar-refractivity contribution in [2.45, 2.75) is 49.3 Å². The number of pyridine rings is 2. The number of likely N-dealkylation sites (tertiary alicyclic amines) is 1. The molecule has 2 unspecified atom stereocenters. The molecule has 2 aromatic carbocycles. The molecule has 5 rings (SSSR count). The summed E-state index contributed by atoms with van der Waals surface area (Å²) >= 11 is -2.07. The van der Waals surface area contributed by atoms with E-state index >= 15 is 0 Å². The number of hydrogen-bond donors (Lipinski definition) is 2. The highest BCUT2D eigenvalue weighted by Gasteiger charge is 2.20. The van der Waals surface area contributed by atoms with Crippen molar-refractivity contribution in [2.75, 3.05) is 31.2 Å². The lowest BCUT2D eigenvalue weighted by Gasteiger charge is -2.31. The molecule has 0 radical (unpaired) electrons. The number of anilines is 2. The van der Waals surface area contributed by atoms with Crippen molar-refractivity contribution in [3.63, 3.8) is 0 Å². The second kappa shape index (κ2) is 12.5. The summed E-state index contributed by atoms with van der Waals surface area (Å²) in [6.45, 7) is 7.17. The van der Waals surface area contributed by atoms with Crippen LogP contribution in [0, 0.1) is 0 Å². The predicted octanol–water partition coefficient (Wildman–Crippen LogP) is 5.02. The summed E-state index contributed by atoms with van der Waals surface area (Å²) in [6, 6.07) is 18.3. The Kier molecular flexibility index (Phi) is 8.93. The Bertz CT molecular complexity index is 1760. The highest BCUT2D eigenvalue weighted by molar-refractivity contribution is 7.90. The van der Waals surface area contributed by atoms with E-state index in [4.69, 9.17) is 4.98 Å². The Labute approximate surface area is 248 Å². The molecule has 4 aromatic rings. The molecule has 1 aliphatic heterocycles. The van der Waals surface area contributed by atoms with Gasteiger partial charge < -0.3 is 19.3 Å². The largest absolute Gasteiger partial charge is 0.340 e. The molecule has 9 nitrogen and oxygen atoms in total. The van der Waals surface area contributed by atoms with Crippen LogP contribution in [0.3, 0.4) is 0 Å². The second-order valence-electron chi connectivity index (χ2n) is 10.9. The summed E-state index contributed by atoms with van der Waals surface area (Å²) in [5.41, 5.74) is 3.03. The monoisotopic (exact) mass is 608 g/mol. The van der Waals surface area contributed by atoms with E-state index in [0.717, 1.165) is 44.4 Å². The van der Waals surface area contributed by atoms with Crippen LogP contribution in [0.4, 0.5) is 11.5 Å². The molecule has 0 bridgehead atoms. The van der Waals surface area contributed by atoms with Crippen LogP contribution in [-0.2, 0) is 27.5 Å². The number of nitrogens with one attached hydrogen (secondary N) is 1. The van der Waals surface area contributed by atoms with Gasteiger partial charge in [0.2, 0.25) is 0 Å². The minimum atomic E-state index is -3.35. The fraction of sp³-hybridized carbons (Fsp3) is 0.355. The standard InChI is InChI=1S/C31H36N4O5S2/c1-4-34-16-13-23(14-17-34)22-5-9-26(10-6-22)32-30-29-25(15-18-35(31(29)36)20-21(2)41(37)38)19-28(33-30)24-7-11-27(12-8-24)42(3,39)40/h5-12,15,18-19,21,23H,4,13-14,16-17,20H2,1-3H3,(H,32,33)(H,37,38). The SMILES string of the molecule is CCN1CCC(c2ccc(Nc3nc(-c4ccc(S(C)(=O)=O)cc4)cc4ccn(CC(C)S(=O)O)c(=O)c34)cc2)CC1. The summed E-state index contributed by atoms with van der Waals surface area (Å²) in [6.07, 6.45) is 5.04. The van der Waals surface area contributed by atoms with Crippen LogP contribution in [0.2, 0.25) is 0 Å². The summed E-state index contributed by atoms with van der Waals surface area (Å²) in [7, 11) is -3.35. The Morgan fingerprint density at radius 3 is 2.33 bits per heavy atom. The van der Waals surface area contributed by atoms with E-state index in [1.807, 2.05) is 12.1 Å². The third-order valence-electron chi connectivity index (χ3n) is 8.01. The van der Waals surface area contributed by atoms with Crippen LogP contribution in [-0.4, -0.2) is 62.8 Å². The second-order valence-corrected chi connectivity index (χ2v) is 14.3. The molecule has 222 valence electrons. The number of aromatic nitrogens is 2. The maximum atomic E-state index is 13.6. The molecule has 1 fully saturated rings. The van der Waals surface area contributed by atoms with Crippen LogP contribution in [0.5, 0.6) is 0 Å². The van der Waals surface area contributed by atoms with Gasteiger partial charge >= 0.3 is 0 Å². The number of hydrogen-bond acceptors (Lipinski definition) is 7. The van der Waals surface area contributed by atoms with Crippen molar-refractivity contribution in [1.82, 2.24) is 14.5 Å². The number of rotatable bonds is 9. The van der Waals surface area contributed by atoms with Gasteiger partial charge in [0.1, 0.15) is 5.82 Å². The van der Waals surface area contributed by atoms with Gasteiger partial charge in [-0.15, -0.1) is 0 Å². The van der Waals surface area contributed by atoms with Crippen LogP contribution in [0.15, 0.2) is 76.6 Å². The van der Waals surface area contributed by atoms with E-state index in [0.29, 0.717) is 33.8 Å². The van der Waals surface area contributed by atoms with Crippen LogP contribution < -0.4 is 10.9 Å². The Morgan fingerprint density at radius 2 is 1.74 bits per heavy atom. The van der Waals surface area contributed by atoms with E-state index in [1.54, 1.807) is 49.5 Å². The van der Waals surface area contributed by atoms with Crippen molar-refractivity contribution >= 4 is 43.2 Å². The van der Waals surface area contributed by atoms with Gasteiger partial charge in [0, 0.05) is 30.2 Å². The number of benzene rings is 2. The van der Waals surface area contributed by atoms with Crippen molar-refractivity contribution in [3.05, 3.63) is 82.8 Å². The van der Waals surface area contributed by atoms with Gasteiger partial charge in [-0.05, 0) is 92.7 Å². The fourth-order valence-electron chi connectivity index (χ4n) is 5.46.